The molecule has 146 valence electrons. The number of hydrogen-bond donors (Lipinski definition) is 2. The Morgan fingerprint density at radius 2 is 2.11 bits per heavy atom. The van der Waals surface area contributed by atoms with Crippen LogP contribution < -0.4 is 0 Å². The molecule has 5 atom stereocenters. The number of nitrogens with zero attached hydrogens (tertiary/aromatic N) is 1. The number of aliphatic hydroxyl groups is 1. The van der Waals surface area contributed by atoms with Crippen LogP contribution in [0.5, 0.6) is 0 Å². The fourth-order valence-electron chi connectivity index (χ4n) is 5.80. The van der Waals surface area contributed by atoms with E-state index in [2.05, 4.69) is 34.1 Å². The number of halogens is 1. The predicted molar refractivity (Wildman–Crippen MR) is 106 cm³/mol. The van der Waals surface area contributed by atoms with Crippen molar-refractivity contribution in [2.75, 3.05) is 20.2 Å². The van der Waals surface area contributed by atoms with Crippen LogP contribution >= 0.6 is 12.4 Å². The summed E-state index contributed by atoms with van der Waals surface area (Å²) >= 11 is 0. The molecule has 6 heteroatoms. The molecule has 3 aliphatic rings. The summed E-state index contributed by atoms with van der Waals surface area (Å²) in [6.07, 6.45) is 3.14. The Bertz CT molecular complexity index is 851. The van der Waals surface area contributed by atoms with E-state index >= 15 is 0 Å². The van der Waals surface area contributed by atoms with E-state index in [1.54, 1.807) is 0 Å². The molecule has 3 heterocycles. The minimum atomic E-state index is -0.568. The van der Waals surface area contributed by atoms with Crippen LogP contribution in [0.15, 0.2) is 24.3 Å². The summed E-state index contributed by atoms with van der Waals surface area (Å²) in [5.74, 6) is 0.0541. The van der Waals surface area contributed by atoms with E-state index < -0.39 is 6.10 Å². The Morgan fingerprint density at radius 1 is 1.30 bits per heavy atom. The van der Waals surface area contributed by atoms with Gasteiger partial charge in [0.2, 0.25) is 0 Å². The van der Waals surface area contributed by atoms with Gasteiger partial charge in [0.05, 0.1) is 25.2 Å². The normalized spacial score (nSPS) is 32.7. The molecule has 1 saturated heterocycles. The van der Waals surface area contributed by atoms with Crippen LogP contribution in [0, 0.1) is 17.8 Å². The molecule has 0 spiro atoms. The first-order valence-corrected chi connectivity index (χ1v) is 9.76. The third kappa shape index (κ3) is 2.87. The highest BCUT2D eigenvalue weighted by Gasteiger charge is 2.49. The Kier molecular flexibility index (Phi) is 4.95. The number of aromatic nitrogens is 1. The predicted octanol–water partition coefficient (Wildman–Crippen LogP) is 3.07. The van der Waals surface area contributed by atoms with Crippen LogP contribution in [0.1, 0.15) is 36.6 Å². The van der Waals surface area contributed by atoms with E-state index in [-0.39, 0.29) is 30.2 Å². The van der Waals surface area contributed by atoms with Gasteiger partial charge < -0.3 is 14.8 Å². The highest BCUT2D eigenvalue weighted by atomic mass is 35.5. The Hall–Kier alpha value is -1.56. The Labute approximate surface area is 165 Å². The molecule has 2 fully saturated rings. The monoisotopic (exact) mass is 390 g/mol. The van der Waals surface area contributed by atoms with Gasteiger partial charge in [-0.05, 0) is 49.1 Å². The smallest absolute Gasteiger partial charge is 0.311 e. The summed E-state index contributed by atoms with van der Waals surface area (Å²) in [5.41, 5.74) is 3.96. The van der Waals surface area contributed by atoms with Crippen LogP contribution in [0.2, 0.25) is 0 Å². The lowest BCUT2D eigenvalue weighted by Crippen LogP contribution is -2.53. The maximum Gasteiger partial charge on any atom is 0.311 e. The van der Waals surface area contributed by atoms with Crippen molar-refractivity contribution >= 4 is 29.3 Å². The lowest BCUT2D eigenvalue weighted by molar-refractivity contribution is -0.160. The molecular weight excluding hydrogens is 364 g/mol. The molecule has 1 aromatic carbocycles. The molecule has 5 nitrogen and oxygen atoms in total. The fourth-order valence-corrected chi connectivity index (χ4v) is 5.80. The molecule has 27 heavy (non-hydrogen) atoms. The molecule has 2 aromatic rings. The van der Waals surface area contributed by atoms with Crippen molar-refractivity contribution in [3.05, 3.63) is 35.5 Å². The van der Waals surface area contributed by atoms with Crippen molar-refractivity contribution in [3.63, 3.8) is 0 Å². The zero-order valence-corrected chi connectivity index (χ0v) is 16.4. The Balaban J connectivity index is 0.00000180. The topological polar surface area (TPSA) is 65.6 Å². The average Bonchev–Trinajstić information content (AvgIpc) is 3.05. The third-order valence-corrected chi connectivity index (χ3v) is 7.02. The molecular formula is C21H27ClN2O3. The number of aliphatic hydroxyl groups excluding tert-OH is 1. The van der Waals surface area contributed by atoms with E-state index in [0.29, 0.717) is 18.4 Å². The quantitative estimate of drug-likeness (QED) is 0.734. The second-order valence-electron chi connectivity index (χ2n) is 8.18. The molecule has 3 unspecified atom stereocenters. The summed E-state index contributed by atoms with van der Waals surface area (Å²) in [7, 11) is 1.43. The van der Waals surface area contributed by atoms with Gasteiger partial charge in [0.1, 0.15) is 0 Å². The number of carbonyl (C=O) groups excluding carboxylic acids is 1. The van der Waals surface area contributed by atoms with Crippen molar-refractivity contribution < 1.29 is 14.6 Å². The van der Waals surface area contributed by atoms with Crippen LogP contribution in [0.25, 0.3) is 10.9 Å². The van der Waals surface area contributed by atoms with Gasteiger partial charge in [-0.15, -0.1) is 12.4 Å². The highest BCUT2D eigenvalue weighted by molar-refractivity contribution is 5.85. The number of piperidine rings is 1. The highest BCUT2D eigenvalue weighted by Crippen LogP contribution is 2.49. The molecule has 5 rings (SSSR count). The molecule has 2 aliphatic heterocycles. The van der Waals surface area contributed by atoms with Crippen LogP contribution in [0.4, 0.5) is 0 Å². The average molecular weight is 391 g/mol. The van der Waals surface area contributed by atoms with Gasteiger partial charge in [0, 0.05) is 29.7 Å². The Morgan fingerprint density at radius 3 is 2.93 bits per heavy atom. The second-order valence-corrected chi connectivity index (χ2v) is 8.18. The number of carbonyl (C=O) groups is 1. The number of para-hydroxylation sites is 1. The molecule has 2 N–H and O–H groups in total. The van der Waals surface area contributed by atoms with Crippen molar-refractivity contribution in [2.24, 2.45) is 17.8 Å². The largest absolute Gasteiger partial charge is 0.469 e. The summed E-state index contributed by atoms with van der Waals surface area (Å²) in [4.78, 5) is 18.6. The van der Waals surface area contributed by atoms with Crippen molar-refractivity contribution in [3.8, 4) is 0 Å². The van der Waals surface area contributed by atoms with Gasteiger partial charge in [-0.1, -0.05) is 18.2 Å². The fraction of sp³-hybridized carbons (Fsp3) is 0.571. The number of hydrogen-bond acceptors (Lipinski definition) is 4. The van der Waals surface area contributed by atoms with Gasteiger partial charge in [0.15, 0.2) is 0 Å². The van der Waals surface area contributed by atoms with Crippen molar-refractivity contribution in [1.82, 2.24) is 9.88 Å². The molecule has 1 saturated carbocycles. The summed E-state index contributed by atoms with van der Waals surface area (Å²) < 4.78 is 5.04. The minimum Gasteiger partial charge on any atom is -0.469 e. The maximum atomic E-state index is 12.4. The summed E-state index contributed by atoms with van der Waals surface area (Å²) in [5, 5.41) is 11.8. The number of esters is 1. The molecule has 1 aliphatic carbocycles. The molecule has 1 aromatic heterocycles. The molecule has 0 radical (unpaired) electrons. The number of rotatable bonds is 1. The zero-order valence-electron chi connectivity index (χ0n) is 15.6. The first-order valence-electron chi connectivity index (χ1n) is 9.76. The number of aromatic amines is 1. The number of benzene rings is 1. The van der Waals surface area contributed by atoms with E-state index in [0.717, 1.165) is 32.4 Å². The van der Waals surface area contributed by atoms with E-state index in [9.17, 15) is 9.90 Å². The van der Waals surface area contributed by atoms with Crippen LogP contribution in [-0.2, 0) is 16.0 Å². The molecule has 0 amide bonds. The first-order chi connectivity index (χ1) is 12.7. The van der Waals surface area contributed by atoms with Crippen LogP contribution in [0.3, 0.4) is 0 Å². The summed E-state index contributed by atoms with van der Waals surface area (Å²) in [6, 6.07) is 8.83. The SMILES string of the molecule is COC(=O)C1C(O)CC[C@@H]2CN3CCc4c([nH]c5ccccc45)C3C[C@@H]12.Cl. The lowest BCUT2D eigenvalue weighted by atomic mass is 9.65. The van der Waals surface area contributed by atoms with Crippen molar-refractivity contribution in [1.29, 1.82) is 0 Å². The van der Waals surface area contributed by atoms with Gasteiger partial charge in [-0.3, -0.25) is 9.69 Å². The summed E-state index contributed by atoms with van der Waals surface area (Å²) in [6.45, 7) is 2.10. The van der Waals surface area contributed by atoms with E-state index in [4.69, 9.17) is 4.74 Å². The van der Waals surface area contributed by atoms with Crippen LogP contribution in [-0.4, -0.2) is 47.3 Å². The van der Waals surface area contributed by atoms with Gasteiger partial charge >= 0.3 is 5.97 Å². The van der Waals surface area contributed by atoms with Gasteiger partial charge in [-0.25, -0.2) is 0 Å². The van der Waals surface area contributed by atoms with E-state index in [1.165, 1.54) is 29.3 Å². The van der Waals surface area contributed by atoms with Gasteiger partial charge in [0.25, 0.3) is 0 Å². The number of ether oxygens (including phenoxy) is 1. The lowest BCUT2D eigenvalue weighted by Gasteiger charge is -2.50. The minimum absolute atomic E-state index is 0. The third-order valence-electron chi connectivity index (χ3n) is 7.02. The number of fused-ring (bicyclic) bond motifs is 6. The second kappa shape index (κ2) is 7.12. The number of H-pyrrole nitrogens is 1. The zero-order chi connectivity index (χ0) is 17.8. The standard InChI is InChI=1S/C21H26N2O3.ClH/c1-26-21(25)19-15-10-17-20-14(13-4-2-3-5-16(13)22-20)8-9-23(17)11-12(15)6-7-18(19)24;/h2-5,12,15,17-19,22,24H,6-11H2,1H3;1H/t12-,15-,17?,18?,19?;/m1./s1. The molecule has 0 bridgehead atoms. The number of nitrogens with one attached hydrogen (secondary N) is 1. The van der Waals surface area contributed by atoms with Gasteiger partial charge in [-0.2, -0.15) is 0 Å². The van der Waals surface area contributed by atoms with Crippen molar-refractivity contribution in [2.45, 2.75) is 37.8 Å². The first kappa shape index (κ1) is 18.8. The number of methoxy groups -OCH3 is 1. The van der Waals surface area contributed by atoms with E-state index in [1.807, 2.05) is 0 Å². The maximum absolute atomic E-state index is 12.4.